The number of nitrogens with zero attached hydrogens (tertiary/aromatic N) is 2. The van der Waals surface area contributed by atoms with Crippen LogP contribution in [0.15, 0.2) is 40.1 Å². The van der Waals surface area contributed by atoms with E-state index in [-0.39, 0.29) is 10.2 Å². The van der Waals surface area contributed by atoms with Gasteiger partial charge in [-0.05, 0) is 34.1 Å². The van der Waals surface area contributed by atoms with E-state index in [1.54, 1.807) is 24.3 Å². The number of amides is 1. The Kier molecular flexibility index (Phi) is 4.60. The third kappa shape index (κ3) is 3.99. The molecule has 1 heterocycles. The molecular formula is C12H9BrClN3O3S. The SMILES string of the molecule is CS(=O)(=O)c1ncc(Br)c(C(=O)Nc2cccc(Cl)c2)n1. The first-order valence-corrected chi connectivity index (χ1v) is 8.63. The minimum absolute atomic E-state index is 0.0783. The van der Waals surface area contributed by atoms with Crippen LogP contribution < -0.4 is 5.32 Å². The number of benzene rings is 1. The second-order valence-electron chi connectivity index (χ2n) is 4.09. The summed E-state index contributed by atoms with van der Waals surface area (Å²) in [6, 6.07) is 6.55. The minimum Gasteiger partial charge on any atom is -0.321 e. The molecule has 0 aliphatic rings. The molecule has 1 amide bonds. The van der Waals surface area contributed by atoms with Gasteiger partial charge in [0.1, 0.15) is 5.69 Å². The number of carbonyl (C=O) groups is 1. The molecule has 0 saturated carbocycles. The molecule has 1 N–H and O–H groups in total. The summed E-state index contributed by atoms with van der Waals surface area (Å²) in [6.07, 6.45) is 2.19. The molecule has 0 unspecified atom stereocenters. The van der Waals surface area contributed by atoms with Gasteiger partial charge in [-0.2, -0.15) is 0 Å². The normalized spacial score (nSPS) is 11.2. The van der Waals surface area contributed by atoms with E-state index < -0.39 is 20.9 Å². The second kappa shape index (κ2) is 6.08. The molecule has 21 heavy (non-hydrogen) atoms. The van der Waals surface area contributed by atoms with Crippen LogP contribution >= 0.6 is 27.5 Å². The van der Waals surface area contributed by atoms with Crippen LogP contribution in [-0.2, 0) is 9.84 Å². The molecule has 0 fully saturated rings. The number of hydrogen-bond donors (Lipinski definition) is 1. The van der Waals surface area contributed by atoms with Crippen molar-refractivity contribution in [3.63, 3.8) is 0 Å². The predicted molar refractivity (Wildman–Crippen MR) is 82.2 cm³/mol. The van der Waals surface area contributed by atoms with E-state index in [0.717, 1.165) is 6.26 Å². The van der Waals surface area contributed by atoms with Crippen LogP contribution in [0.2, 0.25) is 5.02 Å². The number of anilines is 1. The fraction of sp³-hybridized carbons (Fsp3) is 0.0833. The molecule has 2 aromatic rings. The molecule has 1 aromatic heterocycles. The fourth-order valence-electron chi connectivity index (χ4n) is 1.45. The number of carbonyl (C=O) groups excluding carboxylic acids is 1. The van der Waals surface area contributed by atoms with E-state index in [0.29, 0.717) is 10.7 Å². The second-order valence-corrected chi connectivity index (χ2v) is 7.29. The predicted octanol–water partition coefficient (Wildman–Crippen LogP) is 2.55. The maximum atomic E-state index is 12.2. The fourth-order valence-corrected chi connectivity index (χ4v) is 2.51. The van der Waals surface area contributed by atoms with Crippen molar-refractivity contribution in [3.8, 4) is 0 Å². The van der Waals surface area contributed by atoms with Gasteiger partial charge in [0.25, 0.3) is 5.91 Å². The highest BCUT2D eigenvalue weighted by Crippen LogP contribution is 2.19. The van der Waals surface area contributed by atoms with Crippen molar-refractivity contribution in [1.29, 1.82) is 0 Å². The average Bonchev–Trinajstić information content (AvgIpc) is 2.37. The van der Waals surface area contributed by atoms with Crippen LogP contribution in [-0.4, -0.2) is 30.5 Å². The van der Waals surface area contributed by atoms with E-state index in [2.05, 4.69) is 31.2 Å². The Morgan fingerprint density at radius 3 is 2.71 bits per heavy atom. The molecular weight excluding hydrogens is 382 g/mol. The monoisotopic (exact) mass is 389 g/mol. The van der Waals surface area contributed by atoms with Crippen molar-refractivity contribution < 1.29 is 13.2 Å². The maximum Gasteiger partial charge on any atom is 0.275 e. The Balaban J connectivity index is 2.35. The summed E-state index contributed by atoms with van der Waals surface area (Å²) in [5, 5.41) is 2.63. The van der Waals surface area contributed by atoms with Crippen molar-refractivity contribution in [3.05, 3.63) is 45.7 Å². The zero-order valence-electron chi connectivity index (χ0n) is 10.7. The lowest BCUT2D eigenvalue weighted by atomic mass is 10.3. The standard InChI is InChI=1S/C12H9BrClN3O3S/c1-21(19,20)12-15-6-9(13)10(17-12)11(18)16-8-4-2-3-7(14)5-8/h2-6H,1H3,(H,16,18). The summed E-state index contributed by atoms with van der Waals surface area (Å²) in [7, 11) is -3.60. The molecule has 0 bridgehead atoms. The molecule has 0 saturated heterocycles. The van der Waals surface area contributed by atoms with Gasteiger partial charge in [0.05, 0.1) is 4.47 Å². The van der Waals surface area contributed by atoms with Crippen LogP contribution in [0.25, 0.3) is 0 Å². The van der Waals surface area contributed by atoms with Gasteiger partial charge < -0.3 is 5.32 Å². The van der Waals surface area contributed by atoms with Crippen LogP contribution in [0, 0.1) is 0 Å². The smallest absolute Gasteiger partial charge is 0.275 e. The van der Waals surface area contributed by atoms with Crippen molar-refractivity contribution >= 4 is 49.0 Å². The van der Waals surface area contributed by atoms with Gasteiger partial charge in [0.15, 0.2) is 0 Å². The van der Waals surface area contributed by atoms with Gasteiger partial charge in [-0.1, -0.05) is 17.7 Å². The van der Waals surface area contributed by atoms with Gasteiger partial charge >= 0.3 is 0 Å². The average molecular weight is 391 g/mol. The number of nitrogens with one attached hydrogen (secondary N) is 1. The third-order valence-electron chi connectivity index (χ3n) is 2.35. The lowest BCUT2D eigenvalue weighted by Crippen LogP contribution is -2.17. The van der Waals surface area contributed by atoms with Crippen LogP contribution in [0.5, 0.6) is 0 Å². The van der Waals surface area contributed by atoms with Gasteiger partial charge in [-0.15, -0.1) is 0 Å². The summed E-state index contributed by atoms with van der Waals surface area (Å²) in [6.45, 7) is 0. The Labute approximate surface area is 134 Å². The Morgan fingerprint density at radius 1 is 1.38 bits per heavy atom. The molecule has 0 atom stereocenters. The number of halogens is 2. The minimum atomic E-state index is -3.60. The first kappa shape index (κ1) is 15.9. The van der Waals surface area contributed by atoms with Crippen LogP contribution in [0.3, 0.4) is 0 Å². The highest BCUT2D eigenvalue weighted by atomic mass is 79.9. The molecule has 2 rings (SSSR count). The van der Waals surface area contributed by atoms with Crippen molar-refractivity contribution in [2.45, 2.75) is 5.16 Å². The zero-order valence-corrected chi connectivity index (χ0v) is 13.8. The Hall–Kier alpha value is -1.51. The van der Waals surface area contributed by atoms with Gasteiger partial charge in [0, 0.05) is 23.2 Å². The van der Waals surface area contributed by atoms with E-state index in [9.17, 15) is 13.2 Å². The van der Waals surface area contributed by atoms with E-state index >= 15 is 0 Å². The van der Waals surface area contributed by atoms with Crippen molar-refractivity contribution in [2.75, 3.05) is 11.6 Å². The summed E-state index contributed by atoms with van der Waals surface area (Å²) >= 11 is 8.94. The summed E-state index contributed by atoms with van der Waals surface area (Å²) < 4.78 is 23.2. The molecule has 1 aromatic carbocycles. The highest BCUT2D eigenvalue weighted by molar-refractivity contribution is 9.10. The molecule has 0 aliphatic carbocycles. The lowest BCUT2D eigenvalue weighted by Gasteiger charge is -2.07. The summed E-state index contributed by atoms with van der Waals surface area (Å²) in [4.78, 5) is 19.6. The maximum absolute atomic E-state index is 12.2. The molecule has 0 aliphatic heterocycles. The lowest BCUT2D eigenvalue weighted by molar-refractivity contribution is 0.102. The molecule has 0 radical (unpaired) electrons. The quantitative estimate of drug-likeness (QED) is 0.814. The van der Waals surface area contributed by atoms with Crippen LogP contribution in [0.1, 0.15) is 10.5 Å². The molecule has 9 heteroatoms. The molecule has 0 spiro atoms. The summed E-state index contributed by atoms with van der Waals surface area (Å²) in [5.74, 6) is -0.573. The van der Waals surface area contributed by atoms with Crippen LogP contribution in [0.4, 0.5) is 5.69 Å². The van der Waals surface area contributed by atoms with Gasteiger partial charge in [-0.25, -0.2) is 18.4 Å². The van der Waals surface area contributed by atoms with Gasteiger partial charge in [-0.3, -0.25) is 4.79 Å². The number of hydrogen-bond acceptors (Lipinski definition) is 5. The molecule has 110 valence electrons. The molecule has 6 nitrogen and oxygen atoms in total. The van der Waals surface area contributed by atoms with E-state index in [1.807, 2.05) is 0 Å². The summed E-state index contributed by atoms with van der Waals surface area (Å²) in [5.41, 5.74) is 0.393. The van der Waals surface area contributed by atoms with Crippen molar-refractivity contribution in [2.24, 2.45) is 0 Å². The number of sulfone groups is 1. The largest absolute Gasteiger partial charge is 0.321 e. The Bertz CT molecular complexity index is 811. The zero-order chi connectivity index (χ0) is 15.6. The number of aromatic nitrogens is 2. The van der Waals surface area contributed by atoms with Gasteiger partial charge in [0.2, 0.25) is 15.0 Å². The van der Waals surface area contributed by atoms with E-state index in [4.69, 9.17) is 11.6 Å². The first-order chi connectivity index (χ1) is 9.77. The van der Waals surface area contributed by atoms with Crippen molar-refractivity contribution in [1.82, 2.24) is 9.97 Å². The van der Waals surface area contributed by atoms with E-state index in [1.165, 1.54) is 6.20 Å². The Morgan fingerprint density at radius 2 is 2.10 bits per heavy atom. The topological polar surface area (TPSA) is 89.0 Å². The first-order valence-electron chi connectivity index (χ1n) is 5.57. The number of rotatable bonds is 3. The third-order valence-corrected chi connectivity index (χ3v) is 4.03. The highest BCUT2D eigenvalue weighted by Gasteiger charge is 2.18.